The molecular formula is C13H14O2. The fourth-order valence-electron chi connectivity index (χ4n) is 2.18. The van der Waals surface area contributed by atoms with Gasteiger partial charge in [0.25, 0.3) is 0 Å². The van der Waals surface area contributed by atoms with Crippen molar-refractivity contribution in [2.24, 2.45) is 0 Å². The van der Waals surface area contributed by atoms with Gasteiger partial charge in [0.1, 0.15) is 0 Å². The molecular weight excluding hydrogens is 188 g/mol. The summed E-state index contributed by atoms with van der Waals surface area (Å²) < 4.78 is 0. The zero-order chi connectivity index (χ0) is 10.8. The maximum absolute atomic E-state index is 11.1. The van der Waals surface area contributed by atoms with Crippen LogP contribution in [0.5, 0.6) is 0 Å². The predicted octanol–water partition coefficient (Wildman–Crippen LogP) is 2.88. The third-order valence-corrected chi connectivity index (χ3v) is 3.01. The largest absolute Gasteiger partial charge is 0.478 e. The Kier molecular flexibility index (Phi) is 2.58. The first kappa shape index (κ1) is 9.97. The van der Waals surface area contributed by atoms with Crippen LogP contribution < -0.4 is 0 Å². The molecule has 0 aliphatic heterocycles. The summed E-state index contributed by atoms with van der Waals surface area (Å²) in [6, 6.07) is 8.08. The minimum Gasteiger partial charge on any atom is -0.478 e. The molecule has 2 heteroatoms. The Morgan fingerprint density at radius 1 is 1.27 bits per heavy atom. The number of aryl methyl sites for hydroxylation is 1. The second kappa shape index (κ2) is 3.89. The minimum absolute atomic E-state index is 0.569. The maximum atomic E-state index is 11.1. The van der Waals surface area contributed by atoms with Crippen LogP contribution in [0.25, 0.3) is 5.57 Å². The summed E-state index contributed by atoms with van der Waals surface area (Å²) in [7, 11) is 0. The number of rotatable bonds is 1. The van der Waals surface area contributed by atoms with E-state index in [2.05, 4.69) is 6.07 Å². The Hall–Kier alpha value is -1.57. The number of hydrogen-bond acceptors (Lipinski definition) is 1. The van der Waals surface area contributed by atoms with E-state index in [4.69, 9.17) is 5.11 Å². The van der Waals surface area contributed by atoms with Crippen LogP contribution >= 0.6 is 0 Å². The molecule has 2 rings (SSSR count). The van der Waals surface area contributed by atoms with Crippen LogP contribution in [0.4, 0.5) is 0 Å². The van der Waals surface area contributed by atoms with Crippen LogP contribution in [0, 0.1) is 0 Å². The molecule has 2 nitrogen and oxygen atoms in total. The lowest BCUT2D eigenvalue weighted by Gasteiger charge is -2.07. The second-order valence-corrected chi connectivity index (χ2v) is 3.92. The number of hydrogen-bond donors (Lipinski definition) is 1. The molecule has 0 aromatic heterocycles. The number of benzene rings is 1. The van der Waals surface area contributed by atoms with Crippen LogP contribution in [-0.2, 0) is 11.2 Å². The molecule has 0 amide bonds. The lowest BCUT2D eigenvalue weighted by Crippen LogP contribution is -2.02. The number of aliphatic carboxylic acids is 1. The zero-order valence-corrected chi connectivity index (χ0v) is 8.79. The number of carboxylic acid groups (broad SMARTS) is 1. The Morgan fingerprint density at radius 2 is 2.00 bits per heavy atom. The Morgan fingerprint density at radius 3 is 2.73 bits per heavy atom. The molecule has 0 unspecified atom stereocenters. The van der Waals surface area contributed by atoms with Gasteiger partial charge < -0.3 is 5.11 Å². The van der Waals surface area contributed by atoms with Crippen molar-refractivity contribution in [3.05, 3.63) is 41.0 Å². The quantitative estimate of drug-likeness (QED) is 0.760. The lowest BCUT2D eigenvalue weighted by atomic mass is 9.98. The molecule has 0 saturated heterocycles. The van der Waals surface area contributed by atoms with Crippen LogP contribution in [0.15, 0.2) is 29.8 Å². The molecule has 1 aliphatic carbocycles. The molecule has 78 valence electrons. The molecule has 0 heterocycles. The summed E-state index contributed by atoms with van der Waals surface area (Å²) in [4.78, 5) is 11.1. The first-order valence-corrected chi connectivity index (χ1v) is 5.21. The van der Waals surface area contributed by atoms with Gasteiger partial charge in [-0.15, -0.1) is 0 Å². The van der Waals surface area contributed by atoms with Crippen LogP contribution in [0.2, 0.25) is 0 Å². The summed E-state index contributed by atoms with van der Waals surface area (Å²) in [5.74, 6) is -0.774. The molecule has 1 aromatic rings. The van der Waals surface area contributed by atoms with Crippen molar-refractivity contribution in [3.63, 3.8) is 0 Å². The standard InChI is InChI=1S/C13H14O2/c1-9-11-7-3-2-5-10(11)6-4-8-12(9)13(14)15/h2-3,5,7H,4,6,8H2,1H3,(H,14,15). The topological polar surface area (TPSA) is 37.3 Å². The normalized spacial score (nSPS) is 15.8. The first-order valence-electron chi connectivity index (χ1n) is 5.21. The van der Waals surface area contributed by atoms with Crippen LogP contribution in [0.1, 0.15) is 30.9 Å². The van der Waals surface area contributed by atoms with Gasteiger partial charge in [-0.05, 0) is 42.9 Å². The number of allylic oxidation sites excluding steroid dienone is 1. The second-order valence-electron chi connectivity index (χ2n) is 3.92. The van der Waals surface area contributed by atoms with Crippen molar-refractivity contribution in [2.45, 2.75) is 26.2 Å². The minimum atomic E-state index is -0.774. The molecule has 1 aliphatic rings. The van der Waals surface area contributed by atoms with Crippen molar-refractivity contribution in [1.82, 2.24) is 0 Å². The lowest BCUT2D eigenvalue weighted by molar-refractivity contribution is -0.132. The van der Waals surface area contributed by atoms with E-state index in [0.29, 0.717) is 12.0 Å². The van der Waals surface area contributed by atoms with E-state index >= 15 is 0 Å². The van der Waals surface area contributed by atoms with Crippen LogP contribution in [0.3, 0.4) is 0 Å². The van der Waals surface area contributed by atoms with Gasteiger partial charge in [0, 0.05) is 5.57 Å². The van der Waals surface area contributed by atoms with Crippen molar-refractivity contribution in [1.29, 1.82) is 0 Å². The van der Waals surface area contributed by atoms with Gasteiger partial charge in [0.15, 0.2) is 0 Å². The summed E-state index contributed by atoms with van der Waals surface area (Å²) in [5, 5.41) is 9.10. The average molecular weight is 202 g/mol. The smallest absolute Gasteiger partial charge is 0.331 e. The fraction of sp³-hybridized carbons (Fsp3) is 0.308. The van der Waals surface area contributed by atoms with E-state index < -0.39 is 5.97 Å². The Labute approximate surface area is 89.2 Å². The maximum Gasteiger partial charge on any atom is 0.331 e. The monoisotopic (exact) mass is 202 g/mol. The molecule has 0 bridgehead atoms. The molecule has 1 N–H and O–H groups in total. The first-order chi connectivity index (χ1) is 7.20. The van der Waals surface area contributed by atoms with Gasteiger partial charge in [-0.2, -0.15) is 0 Å². The van der Waals surface area contributed by atoms with Crippen molar-refractivity contribution in [2.75, 3.05) is 0 Å². The molecule has 1 aromatic carbocycles. The molecule has 0 saturated carbocycles. The summed E-state index contributed by atoms with van der Waals surface area (Å²) in [6.45, 7) is 1.91. The van der Waals surface area contributed by atoms with E-state index in [-0.39, 0.29) is 0 Å². The van der Waals surface area contributed by atoms with Crippen molar-refractivity contribution in [3.8, 4) is 0 Å². The number of fused-ring (bicyclic) bond motifs is 1. The molecule has 0 radical (unpaired) electrons. The van der Waals surface area contributed by atoms with Gasteiger partial charge >= 0.3 is 5.97 Å². The molecule has 0 spiro atoms. The van der Waals surface area contributed by atoms with Crippen molar-refractivity contribution >= 4 is 11.5 Å². The van der Waals surface area contributed by atoms with Gasteiger partial charge in [-0.25, -0.2) is 4.79 Å². The van der Waals surface area contributed by atoms with E-state index in [1.165, 1.54) is 5.56 Å². The predicted molar refractivity (Wildman–Crippen MR) is 59.6 cm³/mol. The van der Waals surface area contributed by atoms with Crippen molar-refractivity contribution < 1.29 is 9.90 Å². The summed E-state index contributed by atoms with van der Waals surface area (Å²) >= 11 is 0. The van der Waals surface area contributed by atoms with Gasteiger partial charge in [0.05, 0.1) is 0 Å². The highest BCUT2D eigenvalue weighted by atomic mass is 16.4. The number of carbonyl (C=O) groups is 1. The third kappa shape index (κ3) is 1.80. The van der Waals surface area contributed by atoms with E-state index in [0.717, 1.165) is 24.0 Å². The highest BCUT2D eigenvalue weighted by molar-refractivity contribution is 5.96. The summed E-state index contributed by atoms with van der Waals surface area (Å²) in [6.07, 6.45) is 2.58. The average Bonchev–Trinajstić information content (AvgIpc) is 2.39. The third-order valence-electron chi connectivity index (χ3n) is 3.01. The zero-order valence-electron chi connectivity index (χ0n) is 8.79. The Balaban J connectivity index is 2.57. The fourth-order valence-corrected chi connectivity index (χ4v) is 2.18. The molecule has 15 heavy (non-hydrogen) atoms. The summed E-state index contributed by atoms with van der Waals surface area (Å²) in [5.41, 5.74) is 3.87. The Bertz CT molecular complexity index is 430. The van der Waals surface area contributed by atoms with Crippen LogP contribution in [-0.4, -0.2) is 11.1 Å². The molecule has 0 fully saturated rings. The van der Waals surface area contributed by atoms with E-state index in [9.17, 15) is 4.79 Å². The number of carboxylic acids is 1. The van der Waals surface area contributed by atoms with Gasteiger partial charge in [-0.3, -0.25) is 0 Å². The van der Waals surface area contributed by atoms with Gasteiger partial charge in [0.2, 0.25) is 0 Å². The van der Waals surface area contributed by atoms with E-state index in [1.54, 1.807) is 0 Å². The highest BCUT2D eigenvalue weighted by Gasteiger charge is 2.17. The van der Waals surface area contributed by atoms with E-state index in [1.807, 2.05) is 25.1 Å². The van der Waals surface area contributed by atoms with Gasteiger partial charge in [-0.1, -0.05) is 24.3 Å². The SMILES string of the molecule is CC1=C(C(=O)O)CCCc2ccccc21. The molecule has 0 atom stereocenters. The highest BCUT2D eigenvalue weighted by Crippen LogP contribution is 2.29.